The van der Waals surface area contributed by atoms with Gasteiger partial charge in [0.1, 0.15) is 0 Å². The fraction of sp³-hybridized carbons (Fsp3) is 0. The molecule has 2 N–H and O–H groups in total. The molecular formula is C10H6ClN3O2. The fourth-order valence-electron chi connectivity index (χ4n) is 1.61. The first-order valence-electron chi connectivity index (χ1n) is 4.56. The van der Waals surface area contributed by atoms with Gasteiger partial charge >= 0.3 is 5.76 Å². The molecule has 0 saturated carbocycles. The van der Waals surface area contributed by atoms with Crippen LogP contribution in [0.4, 0.5) is 0 Å². The van der Waals surface area contributed by atoms with E-state index in [0.29, 0.717) is 10.6 Å². The van der Waals surface area contributed by atoms with Crippen LogP contribution in [-0.4, -0.2) is 15.2 Å². The minimum absolute atomic E-state index is 0.249. The summed E-state index contributed by atoms with van der Waals surface area (Å²) in [6.07, 6.45) is 1.72. The molecule has 0 aliphatic carbocycles. The minimum Gasteiger partial charge on any atom is -0.388 e. The molecule has 0 atom stereocenters. The lowest BCUT2D eigenvalue weighted by Gasteiger charge is -1.93. The summed E-state index contributed by atoms with van der Waals surface area (Å²) in [7, 11) is 0. The first kappa shape index (κ1) is 9.23. The lowest BCUT2D eigenvalue weighted by atomic mass is 10.2. The summed E-state index contributed by atoms with van der Waals surface area (Å²) in [5.41, 5.74) is 1.61. The molecule has 0 spiro atoms. The minimum atomic E-state index is -0.577. The van der Waals surface area contributed by atoms with Gasteiger partial charge in [-0.05, 0) is 18.2 Å². The number of halogens is 1. The molecule has 2 heterocycles. The second-order valence-electron chi connectivity index (χ2n) is 3.31. The van der Waals surface area contributed by atoms with E-state index in [9.17, 15) is 4.79 Å². The third kappa shape index (κ3) is 1.33. The summed E-state index contributed by atoms with van der Waals surface area (Å²) < 4.78 is 4.89. The van der Waals surface area contributed by atoms with E-state index in [1.165, 1.54) is 0 Å². The predicted octanol–water partition coefficient (Wildman–Crippen LogP) is 2.16. The highest BCUT2D eigenvalue weighted by Crippen LogP contribution is 2.28. The monoisotopic (exact) mass is 235 g/mol. The Balaban J connectivity index is 2.31. The molecule has 6 heteroatoms. The van der Waals surface area contributed by atoms with Crippen molar-refractivity contribution in [3.05, 3.63) is 40.0 Å². The quantitative estimate of drug-likeness (QED) is 0.679. The second kappa shape index (κ2) is 3.24. The molecule has 0 bridgehead atoms. The summed E-state index contributed by atoms with van der Waals surface area (Å²) in [5, 5.41) is 7.47. The normalized spacial score (nSPS) is 11.1. The Labute approximate surface area is 94.0 Å². The molecule has 0 radical (unpaired) electrons. The van der Waals surface area contributed by atoms with Crippen LogP contribution in [0.2, 0.25) is 5.02 Å². The van der Waals surface area contributed by atoms with Crippen molar-refractivity contribution in [3.8, 4) is 11.5 Å². The maximum atomic E-state index is 10.9. The van der Waals surface area contributed by atoms with Crippen LogP contribution in [0.1, 0.15) is 0 Å². The number of aromatic amines is 2. The topological polar surface area (TPSA) is 74.7 Å². The Morgan fingerprint density at radius 2 is 2.25 bits per heavy atom. The third-order valence-electron chi connectivity index (χ3n) is 2.31. The zero-order chi connectivity index (χ0) is 11.1. The van der Waals surface area contributed by atoms with E-state index in [-0.39, 0.29) is 5.89 Å². The van der Waals surface area contributed by atoms with E-state index in [4.69, 9.17) is 16.0 Å². The number of aromatic nitrogens is 3. The van der Waals surface area contributed by atoms with Gasteiger partial charge in [0.15, 0.2) is 0 Å². The molecule has 0 aliphatic heterocycles. The number of H-pyrrole nitrogens is 2. The number of nitrogens with one attached hydrogen (secondary N) is 2. The zero-order valence-corrected chi connectivity index (χ0v) is 8.71. The van der Waals surface area contributed by atoms with Crippen molar-refractivity contribution < 1.29 is 4.42 Å². The summed E-state index contributed by atoms with van der Waals surface area (Å²) in [6, 6.07) is 5.42. The van der Waals surface area contributed by atoms with E-state index in [0.717, 1.165) is 10.9 Å². The Morgan fingerprint density at radius 1 is 1.38 bits per heavy atom. The van der Waals surface area contributed by atoms with Crippen LogP contribution in [0.3, 0.4) is 0 Å². The van der Waals surface area contributed by atoms with Gasteiger partial charge in [-0.25, -0.2) is 9.89 Å². The first-order valence-corrected chi connectivity index (χ1v) is 4.94. The van der Waals surface area contributed by atoms with Crippen molar-refractivity contribution in [3.63, 3.8) is 0 Å². The number of benzene rings is 1. The van der Waals surface area contributed by atoms with E-state index in [2.05, 4.69) is 15.2 Å². The molecule has 0 amide bonds. The van der Waals surface area contributed by atoms with E-state index in [1.54, 1.807) is 18.3 Å². The number of hydrogen-bond donors (Lipinski definition) is 2. The van der Waals surface area contributed by atoms with Crippen LogP contribution < -0.4 is 5.76 Å². The van der Waals surface area contributed by atoms with Crippen LogP contribution in [0.15, 0.2) is 33.6 Å². The standard InChI is InChI=1S/C10H6ClN3O2/c11-5-1-2-8-6(3-5)7(4-12-8)9-13-14-10(15)16-9/h1-4,12H,(H,14,15). The average Bonchev–Trinajstić information content (AvgIpc) is 2.83. The highest BCUT2D eigenvalue weighted by Gasteiger charge is 2.11. The number of nitrogens with zero attached hydrogens (tertiary/aromatic N) is 1. The fourth-order valence-corrected chi connectivity index (χ4v) is 1.79. The van der Waals surface area contributed by atoms with Crippen molar-refractivity contribution in [2.24, 2.45) is 0 Å². The molecule has 16 heavy (non-hydrogen) atoms. The van der Waals surface area contributed by atoms with Gasteiger partial charge in [0.05, 0.1) is 5.56 Å². The molecule has 0 aliphatic rings. The van der Waals surface area contributed by atoms with Gasteiger partial charge in [0.2, 0.25) is 0 Å². The third-order valence-corrected chi connectivity index (χ3v) is 2.55. The number of rotatable bonds is 1. The largest absolute Gasteiger partial charge is 0.434 e. The Morgan fingerprint density at radius 3 is 3.00 bits per heavy atom. The molecular weight excluding hydrogens is 230 g/mol. The second-order valence-corrected chi connectivity index (χ2v) is 3.75. The van der Waals surface area contributed by atoms with Gasteiger partial charge in [-0.3, -0.25) is 0 Å². The smallest absolute Gasteiger partial charge is 0.388 e. The highest BCUT2D eigenvalue weighted by atomic mass is 35.5. The van der Waals surface area contributed by atoms with Gasteiger partial charge in [-0.1, -0.05) is 11.6 Å². The van der Waals surface area contributed by atoms with Crippen LogP contribution >= 0.6 is 11.6 Å². The van der Waals surface area contributed by atoms with E-state index >= 15 is 0 Å². The highest BCUT2D eigenvalue weighted by molar-refractivity contribution is 6.31. The number of hydrogen-bond acceptors (Lipinski definition) is 3. The number of fused-ring (bicyclic) bond motifs is 1. The van der Waals surface area contributed by atoms with Gasteiger partial charge in [0, 0.05) is 22.1 Å². The van der Waals surface area contributed by atoms with Crippen molar-refractivity contribution >= 4 is 22.5 Å². The molecule has 0 fully saturated rings. The van der Waals surface area contributed by atoms with Crippen LogP contribution in [0, 0.1) is 0 Å². The van der Waals surface area contributed by atoms with Crippen molar-refractivity contribution in [1.82, 2.24) is 15.2 Å². The summed E-state index contributed by atoms with van der Waals surface area (Å²) in [5.74, 6) is -0.329. The molecule has 3 rings (SSSR count). The summed E-state index contributed by atoms with van der Waals surface area (Å²) >= 11 is 5.91. The van der Waals surface area contributed by atoms with Gasteiger partial charge < -0.3 is 9.40 Å². The van der Waals surface area contributed by atoms with Crippen molar-refractivity contribution in [2.45, 2.75) is 0 Å². The lowest BCUT2D eigenvalue weighted by molar-refractivity contribution is 0.527. The van der Waals surface area contributed by atoms with Crippen molar-refractivity contribution in [1.29, 1.82) is 0 Å². The molecule has 3 aromatic rings. The predicted molar refractivity (Wildman–Crippen MR) is 59.4 cm³/mol. The van der Waals surface area contributed by atoms with E-state index < -0.39 is 5.76 Å². The zero-order valence-electron chi connectivity index (χ0n) is 7.95. The molecule has 0 unspecified atom stereocenters. The molecule has 5 nitrogen and oxygen atoms in total. The van der Waals surface area contributed by atoms with Crippen LogP contribution in [0.5, 0.6) is 0 Å². The molecule has 2 aromatic heterocycles. The Hall–Kier alpha value is -2.01. The maximum Gasteiger partial charge on any atom is 0.434 e. The van der Waals surface area contributed by atoms with Crippen LogP contribution in [0.25, 0.3) is 22.4 Å². The Kier molecular flexibility index (Phi) is 1.87. The average molecular weight is 236 g/mol. The first-order chi connectivity index (χ1) is 7.74. The molecule has 0 saturated heterocycles. The molecule has 1 aromatic carbocycles. The van der Waals surface area contributed by atoms with Gasteiger partial charge in [-0.2, -0.15) is 0 Å². The van der Waals surface area contributed by atoms with Gasteiger partial charge in [-0.15, -0.1) is 5.10 Å². The molecule has 80 valence electrons. The summed E-state index contributed by atoms with van der Waals surface area (Å²) in [4.78, 5) is 13.9. The van der Waals surface area contributed by atoms with E-state index in [1.807, 2.05) is 6.07 Å². The van der Waals surface area contributed by atoms with Crippen LogP contribution in [-0.2, 0) is 0 Å². The van der Waals surface area contributed by atoms with Crippen molar-refractivity contribution in [2.75, 3.05) is 0 Å². The lowest BCUT2D eigenvalue weighted by Crippen LogP contribution is -1.93. The SMILES string of the molecule is O=c1[nH]nc(-c2c[nH]c3ccc(Cl)cc23)o1. The Bertz CT molecular complexity index is 710. The maximum absolute atomic E-state index is 10.9. The summed E-state index contributed by atoms with van der Waals surface area (Å²) in [6.45, 7) is 0. The van der Waals surface area contributed by atoms with Gasteiger partial charge in [0.25, 0.3) is 5.89 Å².